The van der Waals surface area contributed by atoms with Gasteiger partial charge in [-0.15, -0.1) is 0 Å². The summed E-state index contributed by atoms with van der Waals surface area (Å²) in [5.41, 5.74) is 0.528. The monoisotopic (exact) mass is 257 g/mol. The van der Waals surface area contributed by atoms with Crippen molar-refractivity contribution in [1.29, 1.82) is 0 Å². The van der Waals surface area contributed by atoms with Gasteiger partial charge in [0.2, 0.25) is 0 Å². The Kier molecular flexibility index (Phi) is 6.22. The Hall–Kier alpha value is -1.00. The molecule has 0 saturated carbocycles. The van der Waals surface area contributed by atoms with Crippen molar-refractivity contribution >= 4 is 0 Å². The van der Waals surface area contributed by atoms with Crippen molar-refractivity contribution in [2.45, 2.75) is 19.8 Å². The fourth-order valence-electron chi connectivity index (χ4n) is 1.88. The number of rotatable bonds is 7. The molecule has 1 atom stereocenters. The van der Waals surface area contributed by atoms with Crippen LogP contribution in [0.15, 0.2) is 18.2 Å². The standard InChI is InChI=1S/C14H21F2NO/c1-3-11(10-18)9-17(2)7-6-12-4-5-13(15)8-14(12)16/h4-5,8,11,18H,3,6-7,9-10H2,1-2H3. The third-order valence-electron chi connectivity index (χ3n) is 3.18. The van der Waals surface area contributed by atoms with Crippen molar-refractivity contribution in [2.24, 2.45) is 5.92 Å². The molecule has 0 heterocycles. The maximum Gasteiger partial charge on any atom is 0.129 e. The lowest BCUT2D eigenvalue weighted by Crippen LogP contribution is -2.29. The maximum atomic E-state index is 13.4. The van der Waals surface area contributed by atoms with Crippen LogP contribution in [0.5, 0.6) is 0 Å². The van der Waals surface area contributed by atoms with E-state index in [-0.39, 0.29) is 12.5 Å². The molecule has 0 amide bonds. The molecule has 0 aliphatic rings. The van der Waals surface area contributed by atoms with Crippen molar-refractivity contribution in [3.05, 3.63) is 35.4 Å². The minimum atomic E-state index is -0.545. The van der Waals surface area contributed by atoms with E-state index in [9.17, 15) is 8.78 Å². The molecule has 0 saturated heterocycles. The smallest absolute Gasteiger partial charge is 0.129 e. The summed E-state index contributed by atoms with van der Waals surface area (Å²) >= 11 is 0. The minimum Gasteiger partial charge on any atom is -0.396 e. The highest BCUT2D eigenvalue weighted by molar-refractivity contribution is 5.18. The second-order valence-corrected chi connectivity index (χ2v) is 4.70. The van der Waals surface area contributed by atoms with E-state index in [0.717, 1.165) is 19.0 Å². The molecule has 1 N–H and O–H groups in total. The maximum absolute atomic E-state index is 13.4. The molecule has 2 nitrogen and oxygen atoms in total. The SMILES string of the molecule is CCC(CO)CN(C)CCc1ccc(F)cc1F. The first-order chi connectivity index (χ1) is 8.56. The van der Waals surface area contributed by atoms with E-state index in [1.165, 1.54) is 12.1 Å². The van der Waals surface area contributed by atoms with Crippen molar-refractivity contribution in [3.63, 3.8) is 0 Å². The van der Waals surface area contributed by atoms with Gasteiger partial charge in [0.25, 0.3) is 0 Å². The van der Waals surface area contributed by atoms with Gasteiger partial charge in [-0.3, -0.25) is 0 Å². The van der Waals surface area contributed by atoms with Gasteiger partial charge in [-0.1, -0.05) is 13.0 Å². The molecule has 0 aliphatic carbocycles. The number of benzene rings is 1. The normalized spacial score (nSPS) is 13.0. The highest BCUT2D eigenvalue weighted by Crippen LogP contribution is 2.11. The van der Waals surface area contributed by atoms with Crippen molar-refractivity contribution in [3.8, 4) is 0 Å². The Labute approximate surface area is 107 Å². The van der Waals surface area contributed by atoms with Gasteiger partial charge < -0.3 is 10.0 Å². The summed E-state index contributed by atoms with van der Waals surface area (Å²) < 4.78 is 26.1. The number of aliphatic hydroxyl groups is 1. The van der Waals surface area contributed by atoms with E-state index in [1.54, 1.807) is 0 Å². The third kappa shape index (κ3) is 4.70. The third-order valence-corrected chi connectivity index (χ3v) is 3.18. The van der Waals surface area contributed by atoms with E-state index in [1.807, 2.05) is 14.0 Å². The summed E-state index contributed by atoms with van der Waals surface area (Å²) in [7, 11) is 1.94. The molecule has 0 fully saturated rings. The number of halogens is 2. The van der Waals surface area contributed by atoms with E-state index < -0.39 is 11.6 Å². The number of likely N-dealkylation sites (N-methyl/N-ethyl adjacent to an activating group) is 1. The molecule has 18 heavy (non-hydrogen) atoms. The first-order valence-electron chi connectivity index (χ1n) is 6.30. The van der Waals surface area contributed by atoms with Crippen LogP contribution in [0.3, 0.4) is 0 Å². The van der Waals surface area contributed by atoms with Gasteiger partial charge in [0.1, 0.15) is 11.6 Å². The van der Waals surface area contributed by atoms with Crippen LogP contribution >= 0.6 is 0 Å². The van der Waals surface area contributed by atoms with E-state index in [4.69, 9.17) is 5.11 Å². The second-order valence-electron chi connectivity index (χ2n) is 4.70. The average molecular weight is 257 g/mol. The predicted octanol–water partition coefficient (Wildman–Crippen LogP) is 2.46. The summed E-state index contributed by atoms with van der Waals surface area (Å²) in [6, 6.07) is 3.68. The Morgan fingerprint density at radius 2 is 2.06 bits per heavy atom. The molecule has 4 heteroatoms. The Morgan fingerprint density at radius 3 is 2.61 bits per heavy atom. The summed E-state index contributed by atoms with van der Waals surface area (Å²) in [6.45, 7) is 3.69. The first-order valence-corrected chi connectivity index (χ1v) is 6.30. The highest BCUT2D eigenvalue weighted by atomic mass is 19.1. The molecule has 0 aromatic heterocycles. The fourth-order valence-corrected chi connectivity index (χ4v) is 1.88. The highest BCUT2D eigenvalue weighted by Gasteiger charge is 2.10. The molecule has 102 valence electrons. The van der Waals surface area contributed by atoms with Crippen LogP contribution in [0.1, 0.15) is 18.9 Å². The van der Waals surface area contributed by atoms with Gasteiger partial charge >= 0.3 is 0 Å². The van der Waals surface area contributed by atoms with Crippen LogP contribution < -0.4 is 0 Å². The molecule has 0 aliphatic heterocycles. The van der Waals surface area contributed by atoms with E-state index >= 15 is 0 Å². The zero-order valence-electron chi connectivity index (χ0n) is 11.0. The van der Waals surface area contributed by atoms with Gasteiger partial charge in [0.15, 0.2) is 0 Å². The molecule has 1 rings (SSSR count). The Bertz CT molecular complexity index is 367. The number of hydrogen-bond acceptors (Lipinski definition) is 2. The van der Waals surface area contributed by atoms with Crippen LogP contribution in [-0.2, 0) is 6.42 Å². The van der Waals surface area contributed by atoms with Crippen LogP contribution in [0.2, 0.25) is 0 Å². The van der Waals surface area contributed by atoms with Gasteiger partial charge in [-0.2, -0.15) is 0 Å². The van der Waals surface area contributed by atoms with Crippen LogP contribution in [-0.4, -0.2) is 36.8 Å². The van der Waals surface area contributed by atoms with E-state index in [2.05, 4.69) is 4.90 Å². The molecular formula is C14H21F2NO. The largest absolute Gasteiger partial charge is 0.396 e. The molecule has 1 unspecified atom stereocenters. The number of nitrogens with zero attached hydrogens (tertiary/aromatic N) is 1. The minimum absolute atomic E-state index is 0.172. The average Bonchev–Trinajstić information content (AvgIpc) is 2.35. The summed E-state index contributed by atoms with van der Waals surface area (Å²) in [5, 5.41) is 9.11. The predicted molar refractivity (Wildman–Crippen MR) is 68.4 cm³/mol. The number of aliphatic hydroxyl groups excluding tert-OH is 1. The number of hydrogen-bond donors (Lipinski definition) is 1. The summed E-state index contributed by atoms with van der Waals surface area (Å²) in [6.07, 6.45) is 1.47. The quantitative estimate of drug-likeness (QED) is 0.811. The van der Waals surface area contributed by atoms with Crippen molar-refractivity contribution < 1.29 is 13.9 Å². The topological polar surface area (TPSA) is 23.5 Å². The van der Waals surface area contributed by atoms with Crippen LogP contribution in [0, 0.1) is 17.6 Å². The fraction of sp³-hybridized carbons (Fsp3) is 0.571. The van der Waals surface area contributed by atoms with Crippen molar-refractivity contribution in [2.75, 3.05) is 26.7 Å². The lowest BCUT2D eigenvalue weighted by atomic mass is 10.1. The first kappa shape index (κ1) is 15.1. The van der Waals surface area contributed by atoms with Gasteiger partial charge in [0.05, 0.1) is 0 Å². The molecular weight excluding hydrogens is 236 g/mol. The van der Waals surface area contributed by atoms with Gasteiger partial charge in [-0.25, -0.2) is 8.78 Å². The zero-order chi connectivity index (χ0) is 13.5. The summed E-state index contributed by atoms with van der Waals surface area (Å²) in [5.74, 6) is -0.776. The van der Waals surface area contributed by atoms with Crippen LogP contribution in [0.25, 0.3) is 0 Å². The lowest BCUT2D eigenvalue weighted by molar-refractivity contribution is 0.177. The lowest BCUT2D eigenvalue weighted by Gasteiger charge is -2.21. The zero-order valence-corrected chi connectivity index (χ0v) is 11.0. The second kappa shape index (κ2) is 7.44. The molecule has 0 radical (unpaired) electrons. The Balaban J connectivity index is 2.44. The molecule has 0 bridgehead atoms. The van der Waals surface area contributed by atoms with Crippen LogP contribution in [0.4, 0.5) is 8.78 Å². The molecule has 1 aromatic carbocycles. The molecule has 1 aromatic rings. The van der Waals surface area contributed by atoms with Gasteiger partial charge in [0, 0.05) is 25.8 Å². The summed E-state index contributed by atoms with van der Waals surface area (Å²) in [4.78, 5) is 2.06. The molecule has 0 spiro atoms. The van der Waals surface area contributed by atoms with Gasteiger partial charge in [-0.05, 0) is 37.4 Å². The Morgan fingerprint density at radius 1 is 1.33 bits per heavy atom. The van der Waals surface area contributed by atoms with E-state index in [0.29, 0.717) is 18.5 Å². The van der Waals surface area contributed by atoms with Crippen molar-refractivity contribution in [1.82, 2.24) is 4.90 Å².